The number of pyridine rings is 1. The van der Waals surface area contributed by atoms with E-state index in [1.54, 1.807) is 26.1 Å². The van der Waals surface area contributed by atoms with Crippen LogP contribution in [0, 0.1) is 5.92 Å². The molecule has 1 aromatic heterocycles. The fourth-order valence-electron chi connectivity index (χ4n) is 2.46. The largest absolute Gasteiger partial charge is 0.357 e. The first kappa shape index (κ1) is 14.5. The van der Waals surface area contributed by atoms with Gasteiger partial charge in [-0.05, 0) is 37.8 Å². The third-order valence-corrected chi connectivity index (χ3v) is 3.73. The van der Waals surface area contributed by atoms with Crippen LogP contribution in [-0.2, 0) is 4.79 Å². The molecule has 1 aromatic rings. The molecule has 0 aliphatic carbocycles. The zero-order chi connectivity index (χ0) is 14.5. The summed E-state index contributed by atoms with van der Waals surface area (Å²) in [6.45, 7) is 5.70. The van der Waals surface area contributed by atoms with Crippen LogP contribution < -0.4 is 10.2 Å². The molecule has 0 radical (unpaired) electrons. The van der Waals surface area contributed by atoms with E-state index in [9.17, 15) is 9.59 Å². The van der Waals surface area contributed by atoms with E-state index in [0.717, 1.165) is 38.3 Å². The molecule has 5 nitrogen and oxygen atoms in total. The Labute approximate surface area is 119 Å². The Hall–Kier alpha value is -1.91. The lowest BCUT2D eigenvalue weighted by molar-refractivity contribution is -0.119. The van der Waals surface area contributed by atoms with E-state index in [2.05, 4.69) is 15.2 Å². The second kappa shape index (κ2) is 6.50. The minimum absolute atomic E-state index is 0.0308. The lowest BCUT2D eigenvalue weighted by atomic mass is 9.96. The van der Waals surface area contributed by atoms with Crippen LogP contribution in [0.3, 0.4) is 0 Å². The first-order valence-electron chi connectivity index (χ1n) is 7.02. The highest BCUT2D eigenvalue weighted by Crippen LogP contribution is 2.22. The Morgan fingerprint density at radius 1 is 1.35 bits per heavy atom. The molecule has 108 valence electrons. The van der Waals surface area contributed by atoms with Crippen molar-refractivity contribution in [1.29, 1.82) is 0 Å². The summed E-state index contributed by atoms with van der Waals surface area (Å²) >= 11 is 0. The number of nitrogens with zero attached hydrogens (tertiary/aromatic N) is 2. The Morgan fingerprint density at radius 3 is 2.65 bits per heavy atom. The maximum Gasteiger partial charge on any atom is 0.216 e. The summed E-state index contributed by atoms with van der Waals surface area (Å²) in [6.07, 6.45) is 3.76. The van der Waals surface area contributed by atoms with Gasteiger partial charge in [0, 0.05) is 38.3 Å². The van der Waals surface area contributed by atoms with Crippen molar-refractivity contribution < 1.29 is 9.59 Å². The van der Waals surface area contributed by atoms with Gasteiger partial charge in [0.25, 0.3) is 0 Å². The first-order chi connectivity index (χ1) is 9.56. The van der Waals surface area contributed by atoms with E-state index in [0.29, 0.717) is 11.5 Å². The molecule has 2 rings (SSSR count). The Balaban J connectivity index is 1.92. The van der Waals surface area contributed by atoms with Gasteiger partial charge in [0.2, 0.25) is 5.91 Å². The van der Waals surface area contributed by atoms with E-state index in [1.807, 2.05) is 6.07 Å². The van der Waals surface area contributed by atoms with Crippen molar-refractivity contribution in [3.05, 3.63) is 23.9 Å². The van der Waals surface area contributed by atoms with Gasteiger partial charge in [0.1, 0.15) is 5.82 Å². The number of carbonyl (C=O) groups is 2. The Bertz CT molecular complexity index is 494. The van der Waals surface area contributed by atoms with Gasteiger partial charge in [-0.2, -0.15) is 0 Å². The first-order valence-corrected chi connectivity index (χ1v) is 7.02. The molecule has 0 saturated carbocycles. The van der Waals surface area contributed by atoms with Crippen LogP contribution in [-0.4, -0.2) is 36.3 Å². The maximum atomic E-state index is 11.4. The summed E-state index contributed by atoms with van der Waals surface area (Å²) in [4.78, 5) is 28.9. The molecule has 0 aromatic carbocycles. The highest BCUT2D eigenvalue weighted by molar-refractivity contribution is 5.94. The molecule has 0 atom stereocenters. The summed E-state index contributed by atoms with van der Waals surface area (Å²) < 4.78 is 0. The van der Waals surface area contributed by atoms with Gasteiger partial charge in [-0.25, -0.2) is 4.98 Å². The molecule has 0 spiro atoms. The summed E-state index contributed by atoms with van der Waals surface area (Å²) in [5, 5.41) is 2.88. The van der Waals surface area contributed by atoms with Crippen molar-refractivity contribution >= 4 is 17.5 Å². The van der Waals surface area contributed by atoms with Crippen LogP contribution >= 0.6 is 0 Å². The molecule has 5 heteroatoms. The van der Waals surface area contributed by atoms with Crippen molar-refractivity contribution in [3.63, 3.8) is 0 Å². The summed E-state index contributed by atoms with van der Waals surface area (Å²) in [5.74, 6) is 1.50. The van der Waals surface area contributed by atoms with E-state index in [4.69, 9.17) is 0 Å². The third-order valence-electron chi connectivity index (χ3n) is 3.73. The van der Waals surface area contributed by atoms with E-state index < -0.39 is 0 Å². The van der Waals surface area contributed by atoms with Crippen LogP contribution in [0.1, 0.15) is 37.0 Å². The van der Waals surface area contributed by atoms with Crippen molar-refractivity contribution in [1.82, 2.24) is 10.3 Å². The van der Waals surface area contributed by atoms with Gasteiger partial charge in [0.15, 0.2) is 5.78 Å². The lowest BCUT2D eigenvalue weighted by Crippen LogP contribution is -2.38. The molecule has 1 fully saturated rings. The average molecular weight is 275 g/mol. The lowest BCUT2D eigenvalue weighted by Gasteiger charge is -2.32. The minimum Gasteiger partial charge on any atom is -0.357 e. The highest BCUT2D eigenvalue weighted by Gasteiger charge is 2.20. The van der Waals surface area contributed by atoms with Gasteiger partial charge in [0.05, 0.1) is 0 Å². The summed E-state index contributed by atoms with van der Waals surface area (Å²) in [7, 11) is 0. The molecule has 20 heavy (non-hydrogen) atoms. The number of hydrogen-bond donors (Lipinski definition) is 1. The number of nitrogens with one attached hydrogen (secondary N) is 1. The smallest absolute Gasteiger partial charge is 0.216 e. The molecule has 1 aliphatic heterocycles. The average Bonchev–Trinajstić information content (AvgIpc) is 2.46. The second-order valence-corrected chi connectivity index (χ2v) is 5.33. The number of piperidine rings is 1. The van der Waals surface area contributed by atoms with Crippen LogP contribution in [0.15, 0.2) is 18.3 Å². The standard InChI is InChI=1S/C15H21N3O2/c1-11(19)14-3-6-16-15(9-14)18-7-4-13(5-8-18)10-17-12(2)20/h3,6,9,13H,4-5,7-8,10H2,1-2H3,(H,17,20). The predicted molar refractivity (Wildman–Crippen MR) is 77.9 cm³/mol. The number of ketones is 1. The monoisotopic (exact) mass is 275 g/mol. The molecule has 2 heterocycles. The zero-order valence-corrected chi connectivity index (χ0v) is 12.1. The number of carbonyl (C=O) groups excluding carboxylic acids is 2. The van der Waals surface area contributed by atoms with Gasteiger partial charge < -0.3 is 10.2 Å². The molecule has 0 unspecified atom stereocenters. The Kier molecular flexibility index (Phi) is 4.71. The van der Waals surface area contributed by atoms with Crippen LogP contribution in [0.4, 0.5) is 5.82 Å². The van der Waals surface area contributed by atoms with Gasteiger partial charge >= 0.3 is 0 Å². The molecular weight excluding hydrogens is 254 g/mol. The Morgan fingerprint density at radius 2 is 2.05 bits per heavy atom. The van der Waals surface area contributed by atoms with Gasteiger partial charge in [-0.15, -0.1) is 0 Å². The van der Waals surface area contributed by atoms with Gasteiger partial charge in [-0.3, -0.25) is 9.59 Å². The second-order valence-electron chi connectivity index (χ2n) is 5.33. The molecule has 1 aliphatic rings. The number of aromatic nitrogens is 1. The number of rotatable bonds is 4. The number of amides is 1. The van der Waals surface area contributed by atoms with Crippen LogP contribution in [0.25, 0.3) is 0 Å². The molecule has 1 N–H and O–H groups in total. The maximum absolute atomic E-state index is 11.4. The van der Waals surface area contributed by atoms with E-state index in [-0.39, 0.29) is 11.7 Å². The molecular formula is C15H21N3O2. The number of hydrogen-bond acceptors (Lipinski definition) is 4. The molecule has 0 bridgehead atoms. The molecule has 1 saturated heterocycles. The minimum atomic E-state index is 0.0308. The summed E-state index contributed by atoms with van der Waals surface area (Å²) in [5.41, 5.74) is 0.704. The zero-order valence-electron chi connectivity index (χ0n) is 12.1. The highest BCUT2D eigenvalue weighted by atomic mass is 16.1. The van der Waals surface area contributed by atoms with E-state index in [1.165, 1.54) is 0 Å². The normalized spacial score (nSPS) is 16.0. The van der Waals surface area contributed by atoms with Crippen molar-refractivity contribution in [2.45, 2.75) is 26.7 Å². The van der Waals surface area contributed by atoms with Crippen molar-refractivity contribution in [2.24, 2.45) is 5.92 Å². The SMILES string of the molecule is CC(=O)NCC1CCN(c2cc(C(C)=O)ccn2)CC1. The quantitative estimate of drug-likeness (QED) is 0.849. The van der Waals surface area contributed by atoms with Crippen molar-refractivity contribution in [3.8, 4) is 0 Å². The predicted octanol–water partition coefficient (Wildman–Crippen LogP) is 1.64. The summed E-state index contributed by atoms with van der Waals surface area (Å²) in [6, 6.07) is 3.60. The molecule has 1 amide bonds. The number of anilines is 1. The third kappa shape index (κ3) is 3.79. The fourth-order valence-corrected chi connectivity index (χ4v) is 2.46. The topological polar surface area (TPSA) is 62.3 Å². The van der Waals surface area contributed by atoms with E-state index >= 15 is 0 Å². The van der Waals surface area contributed by atoms with Crippen molar-refractivity contribution in [2.75, 3.05) is 24.5 Å². The number of Topliss-reactive ketones (excluding diaryl/α,β-unsaturated/α-hetero) is 1. The van der Waals surface area contributed by atoms with Crippen LogP contribution in [0.5, 0.6) is 0 Å². The van der Waals surface area contributed by atoms with Gasteiger partial charge in [-0.1, -0.05) is 0 Å². The fraction of sp³-hybridized carbons (Fsp3) is 0.533. The van der Waals surface area contributed by atoms with Crippen LogP contribution in [0.2, 0.25) is 0 Å².